The Balaban J connectivity index is 1.62. The van der Waals surface area contributed by atoms with E-state index in [0.717, 1.165) is 48.9 Å². The molecule has 0 amide bonds. The highest BCUT2D eigenvalue weighted by molar-refractivity contribution is 6.02. The van der Waals surface area contributed by atoms with Gasteiger partial charge >= 0.3 is 0 Å². The van der Waals surface area contributed by atoms with Crippen LogP contribution in [0.5, 0.6) is 5.75 Å². The summed E-state index contributed by atoms with van der Waals surface area (Å²) in [5, 5.41) is 10.7. The predicted molar refractivity (Wildman–Crippen MR) is 130 cm³/mol. The van der Waals surface area contributed by atoms with Gasteiger partial charge in [-0.3, -0.25) is 0 Å². The number of oxime groups is 1. The second kappa shape index (κ2) is 10.6. The zero-order chi connectivity index (χ0) is 23.0. The lowest BCUT2D eigenvalue weighted by molar-refractivity contribution is 0.122. The smallest absolute Gasteiger partial charge is 0.229 e. The number of hydrogen-bond donors (Lipinski definition) is 2. The first kappa shape index (κ1) is 22.3. The van der Waals surface area contributed by atoms with Gasteiger partial charge < -0.3 is 29.8 Å². The topological polar surface area (TPSA) is 93.1 Å². The first-order valence-corrected chi connectivity index (χ1v) is 10.7. The zero-order valence-electron chi connectivity index (χ0n) is 19.0. The molecule has 2 heterocycles. The molecule has 1 fully saturated rings. The van der Waals surface area contributed by atoms with Crippen molar-refractivity contribution in [3.8, 4) is 5.75 Å². The van der Waals surface area contributed by atoms with Crippen molar-refractivity contribution in [3.05, 3.63) is 60.3 Å². The van der Waals surface area contributed by atoms with Crippen molar-refractivity contribution in [1.29, 1.82) is 0 Å². The minimum absolute atomic E-state index is 0.430. The van der Waals surface area contributed by atoms with E-state index in [1.54, 1.807) is 13.3 Å². The van der Waals surface area contributed by atoms with Crippen molar-refractivity contribution in [3.63, 3.8) is 0 Å². The highest BCUT2D eigenvalue weighted by atomic mass is 16.6. The molecule has 1 aromatic heterocycles. The molecule has 0 saturated carbocycles. The van der Waals surface area contributed by atoms with E-state index in [1.165, 1.54) is 7.11 Å². The van der Waals surface area contributed by atoms with Gasteiger partial charge in [-0.1, -0.05) is 23.4 Å². The molecule has 0 unspecified atom stereocenters. The van der Waals surface area contributed by atoms with E-state index in [2.05, 4.69) is 31.7 Å². The largest absolute Gasteiger partial charge is 0.494 e. The molecular formula is C24H28N6O3. The third kappa shape index (κ3) is 5.50. The summed E-state index contributed by atoms with van der Waals surface area (Å²) in [6.07, 6.45) is 1.72. The third-order valence-electron chi connectivity index (χ3n) is 5.25. The number of benzene rings is 2. The molecule has 172 valence electrons. The summed E-state index contributed by atoms with van der Waals surface area (Å²) in [7, 11) is 3.16. The first-order valence-electron chi connectivity index (χ1n) is 10.7. The molecule has 1 saturated heterocycles. The Morgan fingerprint density at radius 2 is 1.85 bits per heavy atom. The number of methoxy groups -OCH3 is 1. The number of para-hydroxylation sites is 1. The normalized spacial score (nSPS) is 14.0. The van der Waals surface area contributed by atoms with Gasteiger partial charge in [-0.15, -0.1) is 0 Å². The van der Waals surface area contributed by atoms with Crippen molar-refractivity contribution >= 4 is 34.5 Å². The van der Waals surface area contributed by atoms with Crippen LogP contribution in [-0.2, 0) is 9.57 Å². The molecule has 0 aliphatic carbocycles. The van der Waals surface area contributed by atoms with Crippen LogP contribution in [0.1, 0.15) is 12.5 Å². The highest BCUT2D eigenvalue weighted by Gasteiger charge is 2.16. The second-order valence-electron chi connectivity index (χ2n) is 7.42. The summed E-state index contributed by atoms with van der Waals surface area (Å²) in [6.45, 7) is 5.02. The molecule has 33 heavy (non-hydrogen) atoms. The molecular weight excluding hydrogens is 420 g/mol. The Kier molecular flexibility index (Phi) is 7.21. The van der Waals surface area contributed by atoms with Gasteiger partial charge in [-0.05, 0) is 31.2 Å². The molecule has 0 atom stereocenters. The molecule has 3 aromatic rings. The van der Waals surface area contributed by atoms with Crippen LogP contribution in [-0.4, -0.2) is 56.2 Å². The molecule has 1 aliphatic rings. The number of nitrogens with one attached hydrogen (secondary N) is 2. The van der Waals surface area contributed by atoms with E-state index in [1.807, 2.05) is 49.4 Å². The van der Waals surface area contributed by atoms with Gasteiger partial charge in [0, 0.05) is 36.7 Å². The molecule has 0 radical (unpaired) electrons. The van der Waals surface area contributed by atoms with E-state index >= 15 is 0 Å². The molecule has 2 N–H and O–H groups in total. The van der Waals surface area contributed by atoms with Gasteiger partial charge in [0.25, 0.3) is 0 Å². The quantitative estimate of drug-likeness (QED) is 0.392. The van der Waals surface area contributed by atoms with Crippen LogP contribution in [0.15, 0.2) is 59.9 Å². The van der Waals surface area contributed by atoms with Gasteiger partial charge in [0.2, 0.25) is 5.95 Å². The highest BCUT2D eigenvalue weighted by Crippen LogP contribution is 2.32. The van der Waals surface area contributed by atoms with Gasteiger partial charge in [0.15, 0.2) is 0 Å². The lowest BCUT2D eigenvalue weighted by Gasteiger charge is -2.29. The molecule has 9 heteroatoms. The fourth-order valence-electron chi connectivity index (χ4n) is 3.57. The Hall–Kier alpha value is -3.85. The van der Waals surface area contributed by atoms with Crippen molar-refractivity contribution in [2.45, 2.75) is 6.92 Å². The fourth-order valence-corrected chi connectivity index (χ4v) is 3.57. The maximum atomic E-state index is 5.64. The minimum Gasteiger partial charge on any atom is -0.494 e. The number of rotatable bonds is 8. The summed E-state index contributed by atoms with van der Waals surface area (Å²) in [5.41, 5.74) is 4.17. The average Bonchev–Trinajstić information content (AvgIpc) is 2.86. The summed E-state index contributed by atoms with van der Waals surface area (Å²) in [6, 6.07) is 15.9. The van der Waals surface area contributed by atoms with E-state index in [9.17, 15) is 0 Å². The maximum Gasteiger partial charge on any atom is 0.229 e. The SMILES string of the molecule is CO/N=C(\C)c1cnc(Nc2ccc(N3CCOCC3)cc2OC)nc1Nc1ccccc1. The van der Waals surface area contributed by atoms with E-state index in [4.69, 9.17) is 19.3 Å². The van der Waals surface area contributed by atoms with Crippen LogP contribution >= 0.6 is 0 Å². The Bertz CT molecular complexity index is 1100. The first-order chi connectivity index (χ1) is 16.2. The lowest BCUT2D eigenvalue weighted by atomic mass is 10.2. The van der Waals surface area contributed by atoms with Gasteiger partial charge in [-0.25, -0.2) is 4.98 Å². The number of hydrogen-bond acceptors (Lipinski definition) is 9. The number of morpholine rings is 1. The summed E-state index contributed by atoms with van der Waals surface area (Å²) < 4.78 is 11.1. The molecule has 9 nitrogen and oxygen atoms in total. The minimum atomic E-state index is 0.430. The standard InChI is InChI=1S/C24H28N6O3/c1-17(29-32-3)20-16-25-24(28-23(20)26-18-7-5-4-6-8-18)27-21-10-9-19(15-22(21)31-2)30-11-13-33-14-12-30/h4-10,15-16H,11-14H2,1-3H3,(H2,25,26,27,28)/b29-17+. The summed E-state index contributed by atoms with van der Waals surface area (Å²) in [5.74, 6) is 1.75. The van der Waals surface area contributed by atoms with Crippen LogP contribution in [0.4, 0.5) is 28.8 Å². The van der Waals surface area contributed by atoms with Crippen LogP contribution in [0.3, 0.4) is 0 Å². The predicted octanol–water partition coefficient (Wildman–Crippen LogP) is 4.18. The maximum absolute atomic E-state index is 5.64. The fraction of sp³-hybridized carbons (Fsp3) is 0.292. The van der Waals surface area contributed by atoms with E-state index in [-0.39, 0.29) is 0 Å². The van der Waals surface area contributed by atoms with Crippen molar-refractivity contribution < 1.29 is 14.3 Å². The second-order valence-corrected chi connectivity index (χ2v) is 7.42. The van der Waals surface area contributed by atoms with Crippen LogP contribution in [0.2, 0.25) is 0 Å². The number of ether oxygens (including phenoxy) is 2. The van der Waals surface area contributed by atoms with Crippen LogP contribution < -0.4 is 20.3 Å². The molecule has 4 rings (SSSR count). The van der Waals surface area contributed by atoms with Gasteiger partial charge in [0.1, 0.15) is 18.7 Å². The molecule has 2 aromatic carbocycles. The number of aromatic nitrogens is 2. The average molecular weight is 449 g/mol. The van der Waals surface area contributed by atoms with Crippen molar-refractivity contribution in [2.75, 3.05) is 56.1 Å². The van der Waals surface area contributed by atoms with Crippen molar-refractivity contribution in [1.82, 2.24) is 9.97 Å². The van der Waals surface area contributed by atoms with Gasteiger partial charge in [-0.2, -0.15) is 4.98 Å². The van der Waals surface area contributed by atoms with Crippen LogP contribution in [0, 0.1) is 0 Å². The summed E-state index contributed by atoms with van der Waals surface area (Å²) >= 11 is 0. The van der Waals surface area contributed by atoms with Crippen LogP contribution in [0.25, 0.3) is 0 Å². The number of anilines is 5. The summed E-state index contributed by atoms with van der Waals surface area (Å²) in [4.78, 5) is 16.4. The van der Waals surface area contributed by atoms with E-state index in [0.29, 0.717) is 23.2 Å². The lowest BCUT2D eigenvalue weighted by Crippen LogP contribution is -2.36. The zero-order valence-corrected chi connectivity index (χ0v) is 19.0. The molecule has 0 bridgehead atoms. The Morgan fingerprint density at radius 1 is 1.06 bits per heavy atom. The van der Waals surface area contributed by atoms with Crippen molar-refractivity contribution in [2.24, 2.45) is 5.16 Å². The monoisotopic (exact) mass is 448 g/mol. The third-order valence-corrected chi connectivity index (χ3v) is 5.25. The van der Waals surface area contributed by atoms with E-state index < -0.39 is 0 Å². The Morgan fingerprint density at radius 3 is 2.58 bits per heavy atom. The molecule has 1 aliphatic heterocycles. The molecule has 0 spiro atoms. The number of nitrogens with zero attached hydrogens (tertiary/aromatic N) is 4. The van der Waals surface area contributed by atoms with Gasteiger partial charge in [0.05, 0.1) is 37.3 Å². The Labute approximate surface area is 193 Å².